The second-order valence-corrected chi connectivity index (χ2v) is 11.2. The van der Waals surface area contributed by atoms with Crippen LogP contribution in [0.4, 0.5) is 25.0 Å². The first-order valence-electron chi connectivity index (χ1n) is 14.3. The largest absolute Gasteiger partial charge is 0.442 e. The molecule has 4 amide bonds. The molecule has 0 unspecified atom stereocenters. The smallest absolute Gasteiger partial charge is 0.414 e. The molecule has 1 aromatic carbocycles. The summed E-state index contributed by atoms with van der Waals surface area (Å²) in [6, 6.07) is 1.34. The highest BCUT2D eigenvalue weighted by Gasteiger charge is 2.35. The SMILES string of the molecule is CC(=O)NC[C@H]1CN(c2cc(F)c(N3CCN(C(=O)[C@H](CC(C)C)NC(=O)c4cn5ccncc5n4)CC3)c(F)c2)C(=O)O1. The molecule has 0 radical (unpaired) electrons. The van der Waals surface area contributed by atoms with Gasteiger partial charge in [-0.25, -0.2) is 18.6 Å². The topological polar surface area (TPSA) is 141 Å². The van der Waals surface area contributed by atoms with Crippen LogP contribution in [0.2, 0.25) is 0 Å². The van der Waals surface area contributed by atoms with Crippen molar-refractivity contribution in [3.8, 4) is 0 Å². The summed E-state index contributed by atoms with van der Waals surface area (Å²) in [5, 5.41) is 5.37. The van der Waals surface area contributed by atoms with Gasteiger partial charge >= 0.3 is 6.09 Å². The molecule has 0 saturated carbocycles. The number of carbonyl (C=O) groups excluding carboxylic acids is 4. The van der Waals surface area contributed by atoms with Gasteiger partial charge in [0.2, 0.25) is 11.8 Å². The Morgan fingerprint density at radius 3 is 2.45 bits per heavy atom. The van der Waals surface area contributed by atoms with Gasteiger partial charge in [-0.3, -0.25) is 24.3 Å². The second-order valence-electron chi connectivity index (χ2n) is 11.2. The minimum absolute atomic E-state index is 0.00188. The van der Waals surface area contributed by atoms with E-state index in [1.807, 2.05) is 13.8 Å². The minimum Gasteiger partial charge on any atom is -0.442 e. The molecule has 0 bridgehead atoms. The molecule has 2 fully saturated rings. The number of anilines is 2. The lowest BCUT2D eigenvalue weighted by Gasteiger charge is -2.38. The van der Waals surface area contributed by atoms with E-state index < -0.39 is 35.8 Å². The number of hydrogen-bond acceptors (Lipinski definition) is 8. The van der Waals surface area contributed by atoms with E-state index in [0.717, 1.165) is 17.0 Å². The number of nitrogens with zero attached hydrogens (tertiary/aromatic N) is 6. The summed E-state index contributed by atoms with van der Waals surface area (Å²) in [5.74, 6) is -2.67. The van der Waals surface area contributed by atoms with Gasteiger partial charge in [-0.15, -0.1) is 0 Å². The predicted octanol–water partition coefficient (Wildman–Crippen LogP) is 1.96. The molecule has 234 valence electrons. The molecule has 13 nitrogen and oxygen atoms in total. The number of halogens is 2. The van der Waals surface area contributed by atoms with Gasteiger partial charge in [0.15, 0.2) is 17.3 Å². The van der Waals surface area contributed by atoms with Crippen LogP contribution in [-0.2, 0) is 14.3 Å². The van der Waals surface area contributed by atoms with Crippen molar-refractivity contribution < 1.29 is 32.7 Å². The molecule has 3 aromatic rings. The Bertz CT molecular complexity index is 1520. The second kappa shape index (κ2) is 12.8. The number of benzene rings is 1. The minimum atomic E-state index is -0.856. The van der Waals surface area contributed by atoms with Crippen molar-refractivity contribution in [3.05, 3.63) is 54.2 Å². The standard InChI is InChI=1S/C29H34F2N8O5/c1-17(2)10-23(35-27(41)24-16-38-5-4-32-14-25(38)34-24)28(42)37-8-6-36(7-9-37)26-21(30)11-19(12-22(26)31)39-15-20(44-29(39)43)13-33-18(3)40/h4-5,11-12,14,16-17,20,23H,6-10,13,15H2,1-3H3,(H,33,40)(H,35,41)/t20-,23-/m0/s1. The summed E-state index contributed by atoms with van der Waals surface area (Å²) in [5.41, 5.74) is 0.405. The van der Waals surface area contributed by atoms with Gasteiger partial charge in [-0.1, -0.05) is 13.8 Å². The first kappa shape index (κ1) is 30.6. The average molecular weight is 613 g/mol. The highest BCUT2D eigenvalue weighted by Crippen LogP contribution is 2.31. The van der Waals surface area contributed by atoms with E-state index in [4.69, 9.17) is 4.74 Å². The van der Waals surface area contributed by atoms with Crippen molar-refractivity contribution in [2.45, 2.75) is 39.3 Å². The maximum atomic E-state index is 15.3. The molecule has 0 aliphatic carbocycles. The average Bonchev–Trinajstić information content (AvgIpc) is 3.58. The third-order valence-corrected chi connectivity index (χ3v) is 7.48. The van der Waals surface area contributed by atoms with Crippen molar-refractivity contribution in [1.82, 2.24) is 29.9 Å². The first-order valence-corrected chi connectivity index (χ1v) is 14.3. The molecule has 2 aliphatic heterocycles. The lowest BCUT2D eigenvalue weighted by Crippen LogP contribution is -2.55. The fourth-order valence-corrected chi connectivity index (χ4v) is 5.35. The van der Waals surface area contributed by atoms with Gasteiger partial charge < -0.3 is 29.6 Å². The van der Waals surface area contributed by atoms with Crippen LogP contribution in [0.25, 0.3) is 5.65 Å². The Labute approximate surface area is 252 Å². The van der Waals surface area contributed by atoms with Crippen LogP contribution < -0.4 is 20.4 Å². The number of piperazine rings is 1. The number of carbonyl (C=O) groups is 4. The molecule has 2 aliphatic rings. The fraction of sp³-hybridized carbons (Fsp3) is 0.448. The van der Waals surface area contributed by atoms with Gasteiger partial charge in [-0.2, -0.15) is 0 Å². The number of cyclic esters (lactones) is 1. The van der Waals surface area contributed by atoms with Crippen LogP contribution >= 0.6 is 0 Å². The Kier molecular flexibility index (Phi) is 8.92. The third kappa shape index (κ3) is 6.71. The van der Waals surface area contributed by atoms with E-state index in [0.29, 0.717) is 12.1 Å². The van der Waals surface area contributed by atoms with Crippen LogP contribution in [0.15, 0.2) is 36.9 Å². The first-order chi connectivity index (χ1) is 21.0. The van der Waals surface area contributed by atoms with E-state index in [-0.39, 0.29) is 74.1 Å². The summed E-state index contributed by atoms with van der Waals surface area (Å²) in [4.78, 5) is 62.5. The summed E-state index contributed by atoms with van der Waals surface area (Å²) < 4.78 is 37.4. The summed E-state index contributed by atoms with van der Waals surface area (Å²) in [7, 11) is 0. The zero-order valence-electron chi connectivity index (χ0n) is 24.6. The number of rotatable bonds is 9. The highest BCUT2D eigenvalue weighted by atomic mass is 19.1. The molecule has 2 aromatic heterocycles. The van der Waals surface area contributed by atoms with Crippen LogP contribution in [0.3, 0.4) is 0 Å². The quantitative estimate of drug-likeness (QED) is 0.374. The molecule has 15 heteroatoms. The van der Waals surface area contributed by atoms with Crippen LogP contribution in [-0.4, -0.2) is 94.5 Å². The molecule has 2 saturated heterocycles. The summed E-state index contributed by atoms with van der Waals surface area (Å²) in [6.07, 6.45) is 5.31. The maximum absolute atomic E-state index is 15.3. The number of fused-ring (bicyclic) bond motifs is 1. The predicted molar refractivity (Wildman–Crippen MR) is 155 cm³/mol. The van der Waals surface area contributed by atoms with Crippen molar-refractivity contribution in [2.24, 2.45) is 5.92 Å². The number of ether oxygens (including phenoxy) is 1. The van der Waals surface area contributed by atoms with Gasteiger partial charge in [0, 0.05) is 63.8 Å². The van der Waals surface area contributed by atoms with Crippen molar-refractivity contribution >= 4 is 40.8 Å². The molecule has 2 atom stereocenters. The van der Waals surface area contributed by atoms with Crippen LogP contribution in [0, 0.1) is 17.6 Å². The number of amides is 4. The van der Waals surface area contributed by atoms with Gasteiger partial charge in [0.25, 0.3) is 5.91 Å². The number of aromatic nitrogens is 3. The van der Waals surface area contributed by atoms with Crippen molar-refractivity contribution in [1.29, 1.82) is 0 Å². The van der Waals surface area contributed by atoms with Crippen LogP contribution in [0.5, 0.6) is 0 Å². The van der Waals surface area contributed by atoms with E-state index >= 15 is 8.78 Å². The molecule has 2 N–H and O–H groups in total. The molecular formula is C29H34F2N8O5. The maximum Gasteiger partial charge on any atom is 0.414 e. The summed E-state index contributed by atoms with van der Waals surface area (Å²) in [6.45, 7) is 6.03. The fourth-order valence-electron chi connectivity index (χ4n) is 5.35. The Morgan fingerprint density at radius 2 is 1.82 bits per heavy atom. The number of nitrogens with one attached hydrogen (secondary N) is 2. The molecular weight excluding hydrogens is 578 g/mol. The van der Waals surface area contributed by atoms with Crippen molar-refractivity contribution in [2.75, 3.05) is 49.1 Å². The van der Waals surface area contributed by atoms with Crippen LogP contribution in [0.1, 0.15) is 37.7 Å². The van der Waals surface area contributed by atoms with E-state index in [2.05, 4.69) is 20.6 Å². The third-order valence-electron chi connectivity index (χ3n) is 7.48. The Balaban J connectivity index is 1.22. The van der Waals surface area contributed by atoms with Gasteiger partial charge in [-0.05, 0) is 12.3 Å². The molecule has 44 heavy (non-hydrogen) atoms. The number of imidazole rings is 1. The highest BCUT2D eigenvalue weighted by molar-refractivity contribution is 5.96. The lowest BCUT2D eigenvalue weighted by atomic mass is 10.0. The molecule has 4 heterocycles. The Morgan fingerprint density at radius 1 is 1.11 bits per heavy atom. The normalized spacial score (nSPS) is 17.6. The Hall–Kier alpha value is -4.82. The van der Waals surface area contributed by atoms with E-state index in [9.17, 15) is 19.2 Å². The van der Waals surface area contributed by atoms with E-state index in [1.165, 1.54) is 18.0 Å². The monoisotopic (exact) mass is 612 g/mol. The lowest BCUT2D eigenvalue weighted by molar-refractivity contribution is -0.134. The van der Waals surface area contributed by atoms with Crippen molar-refractivity contribution in [3.63, 3.8) is 0 Å². The van der Waals surface area contributed by atoms with Gasteiger partial charge in [0.1, 0.15) is 23.5 Å². The molecule has 0 spiro atoms. The van der Waals surface area contributed by atoms with Gasteiger partial charge in [0.05, 0.1) is 25.0 Å². The van der Waals surface area contributed by atoms with E-state index in [1.54, 1.807) is 27.9 Å². The molecule has 5 rings (SSSR count). The zero-order valence-corrected chi connectivity index (χ0v) is 24.6. The summed E-state index contributed by atoms with van der Waals surface area (Å²) >= 11 is 0. The zero-order chi connectivity index (χ0) is 31.5. The number of hydrogen-bond donors (Lipinski definition) is 2.